The summed E-state index contributed by atoms with van der Waals surface area (Å²) in [6.45, 7) is 0. The number of anilines is 2. The number of rotatable bonds is 5. The third kappa shape index (κ3) is 4.60. The van der Waals surface area contributed by atoms with Crippen LogP contribution in [0.3, 0.4) is 0 Å². The molecule has 0 unspecified atom stereocenters. The molecular weight excluding hydrogens is 303 g/mol. The molecule has 2 aromatic rings. The van der Waals surface area contributed by atoms with Gasteiger partial charge in [0.25, 0.3) is 0 Å². The Hall–Kier alpha value is -1.82. The van der Waals surface area contributed by atoms with Crippen molar-refractivity contribution < 1.29 is 13.2 Å². The Morgan fingerprint density at radius 3 is 2.52 bits per heavy atom. The Bertz CT molecular complexity index is 585. The summed E-state index contributed by atoms with van der Waals surface area (Å²) in [6.07, 6.45) is -2.77. The second-order valence-electron chi connectivity index (χ2n) is 4.42. The fourth-order valence-electron chi connectivity index (χ4n) is 1.77. The Balaban J connectivity index is 2.07. The van der Waals surface area contributed by atoms with Gasteiger partial charge in [-0.2, -0.15) is 13.2 Å². The van der Waals surface area contributed by atoms with Crippen LogP contribution < -0.4 is 5.32 Å². The maximum absolute atomic E-state index is 12.4. The minimum Gasteiger partial charge on any atom is -0.339 e. The third-order valence-corrected chi connectivity index (χ3v) is 3.02. The van der Waals surface area contributed by atoms with Crippen molar-refractivity contribution in [2.75, 3.05) is 11.2 Å². The van der Waals surface area contributed by atoms with Gasteiger partial charge in [0.15, 0.2) is 11.5 Å². The van der Waals surface area contributed by atoms with E-state index in [1.54, 1.807) is 0 Å². The minimum atomic E-state index is -4.48. The van der Waals surface area contributed by atoms with Gasteiger partial charge >= 0.3 is 6.18 Å². The molecule has 1 aromatic carbocycles. The Labute approximate surface area is 125 Å². The second-order valence-corrected chi connectivity index (χ2v) is 4.80. The first-order chi connectivity index (χ1) is 9.99. The predicted molar refractivity (Wildman–Crippen MR) is 75.8 cm³/mol. The summed E-state index contributed by atoms with van der Waals surface area (Å²) in [5.41, 5.74) is 0.834. The number of nitrogens with zero attached hydrogens (tertiary/aromatic N) is 2. The van der Waals surface area contributed by atoms with Gasteiger partial charge in [-0.3, -0.25) is 0 Å². The molecule has 1 N–H and O–H groups in total. The van der Waals surface area contributed by atoms with Gasteiger partial charge in [0.05, 0.1) is 0 Å². The van der Waals surface area contributed by atoms with Crippen LogP contribution in [-0.2, 0) is 12.6 Å². The predicted octanol–water partition coefficient (Wildman–Crippen LogP) is 4.41. The van der Waals surface area contributed by atoms with Gasteiger partial charge in [-0.1, -0.05) is 12.1 Å². The van der Waals surface area contributed by atoms with E-state index in [1.807, 2.05) is 24.3 Å². The van der Waals surface area contributed by atoms with Crippen LogP contribution in [0.2, 0.25) is 0 Å². The molecule has 3 nitrogen and oxygen atoms in total. The number of aryl methyl sites for hydroxylation is 1. The smallest absolute Gasteiger partial charge is 0.339 e. The first-order valence-corrected chi connectivity index (χ1v) is 6.85. The van der Waals surface area contributed by atoms with E-state index in [-0.39, 0.29) is 5.82 Å². The van der Waals surface area contributed by atoms with Crippen LogP contribution in [0.5, 0.6) is 0 Å². The summed E-state index contributed by atoms with van der Waals surface area (Å²) in [4.78, 5) is 0. The largest absolute Gasteiger partial charge is 0.435 e. The van der Waals surface area contributed by atoms with Crippen LogP contribution in [0.1, 0.15) is 17.7 Å². The molecule has 0 aliphatic carbocycles. The third-order valence-electron chi connectivity index (χ3n) is 2.75. The maximum Gasteiger partial charge on any atom is 0.435 e. The van der Waals surface area contributed by atoms with E-state index in [1.165, 1.54) is 6.07 Å². The van der Waals surface area contributed by atoms with E-state index in [0.29, 0.717) is 5.88 Å². The standard InChI is InChI=1S/C14H13ClF3N3/c15-8-2-4-10-3-1-5-11(9-10)19-13-7-6-12(20-21-13)14(16,17)18/h1,3,5-7,9H,2,4,8H2,(H,19,21). The van der Waals surface area contributed by atoms with Gasteiger partial charge in [0.1, 0.15) is 0 Å². The van der Waals surface area contributed by atoms with E-state index in [4.69, 9.17) is 11.6 Å². The van der Waals surface area contributed by atoms with Crippen LogP contribution in [0, 0.1) is 0 Å². The molecule has 0 aliphatic rings. The van der Waals surface area contributed by atoms with Crippen LogP contribution in [0.15, 0.2) is 36.4 Å². The second kappa shape index (κ2) is 6.76. The van der Waals surface area contributed by atoms with E-state index >= 15 is 0 Å². The molecule has 0 saturated heterocycles. The van der Waals surface area contributed by atoms with Crippen molar-refractivity contribution in [1.82, 2.24) is 10.2 Å². The highest BCUT2D eigenvalue weighted by Crippen LogP contribution is 2.27. The van der Waals surface area contributed by atoms with Crippen molar-refractivity contribution in [1.29, 1.82) is 0 Å². The maximum atomic E-state index is 12.4. The monoisotopic (exact) mass is 315 g/mol. The number of hydrogen-bond donors (Lipinski definition) is 1. The average Bonchev–Trinajstić information content (AvgIpc) is 2.45. The Kier molecular flexibility index (Phi) is 5.01. The molecule has 1 heterocycles. The molecule has 1 aromatic heterocycles. The fourth-order valence-corrected chi connectivity index (χ4v) is 1.91. The number of hydrogen-bond acceptors (Lipinski definition) is 3. The number of nitrogens with one attached hydrogen (secondary N) is 1. The molecule has 21 heavy (non-hydrogen) atoms. The van der Waals surface area contributed by atoms with Crippen molar-refractivity contribution in [3.05, 3.63) is 47.7 Å². The SMILES string of the molecule is FC(F)(F)c1ccc(Nc2cccc(CCCCl)c2)nn1. The topological polar surface area (TPSA) is 37.8 Å². The molecule has 0 saturated carbocycles. The van der Waals surface area contributed by atoms with Crippen LogP contribution >= 0.6 is 11.6 Å². The van der Waals surface area contributed by atoms with E-state index in [2.05, 4.69) is 15.5 Å². The molecule has 0 aliphatic heterocycles. The van der Waals surface area contributed by atoms with Crippen LogP contribution in [0.25, 0.3) is 0 Å². The molecule has 112 valence electrons. The quantitative estimate of drug-likeness (QED) is 0.830. The van der Waals surface area contributed by atoms with Crippen LogP contribution in [0.4, 0.5) is 24.7 Å². The fraction of sp³-hybridized carbons (Fsp3) is 0.286. The molecule has 7 heteroatoms. The molecule has 0 fully saturated rings. The van der Waals surface area contributed by atoms with Crippen LogP contribution in [-0.4, -0.2) is 16.1 Å². The zero-order valence-electron chi connectivity index (χ0n) is 11.0. The zero-order chi connectivity index (χ0) is 15.3. The summed E-state index contributed by atoms with van der Waals surface area (Å²) in [5.74, 6) is 0.847. The molecule has 2 rings (SSSR count). The summed E-state index contributed by atoms with van der Waals surface area (Å²) >= 11 is 5.65. The molecule has 0 amide bonds. The molecule has 0 spiro atoms. The highest BCUT2D eigenvalue weighted by atomic mass is 35.5. The number of aromatic nitrogens is 2. The summed E-state index contributed by atoms with van der Waals surface area (Å²) in [6, 6.07) is 9.70. The lowest BCUT2D eigenvalue weighted by molar-refractivity contribution is -0.141. The van der Waals surface area contributed by atoms with E-state index in [9.17, 15) is 13.2 Å². The van der Waals surface area contributed by atoms with Crippen molar-refractivity contribution in [2.24, 2.45) is 0 Å². The van der Waals surface area contributed by atoms with Gasteiger partial charge < -0.3 is 5.32 Å². The lowest BCUT2D eigenvalue weighted by atomic mass is 10.1. The van der Waals surface area contributed by atoms with E-state index in [0.717, 1.165) is 30.2 Å². The van der Waals surface area contributed by atoms with Crippen molar-refractivity contribution in [2.45, 2.75) is 19.0 Å². The summed E-state index contributed by atoms with van der Waals surface area (Å²) < 4.78 is 37.2. The van der Waals surface area contributed by atoms with Crippen molar-refractivity contribution in [3.8, 4) is 0 Å². The number of halogens is 4. The van der Waals surface area contributed by atoms with Gasteiger partial charge in [0.2, 0.25) is 0 Å². The van der Waals surface area contributed by atoms with Gasteiger partial charge in [-0.05, 0) is 42.7 Å². The highest BCUT2D eigenvalue weighted by Gasteiger charge is 2.32. The summed E-state index contributed by atoms with van der Waals surface area (Å²) in [7, 11) is 0. The number of benzene rings is 1. The Morgan fingerprint density at radius 1 is 1.10 bits per heavy atom. The first kappa shape index (κ1) is 15.6. The molecular formula is C14H13ClF3N3. The minimum absolute atomic E-state index is 0.262. The normalized spacial score (nSPS) is 11.4. The van der Waals surface area contributed by atoms with Crippen molar-refractivity contribution in [3.63, 3.8) is 0 Å². The van der Waals surface area contributed by atoms with Crippen molar-refractivity contribution >= 4 is 23.1 Å². The summed E-state index contributed by atoms with van der Waals surface area (Å²) in [5, 5.41) is 9.62. The lowest BCUT2D eigenvalue weighted by Crippen LogP contribution is -2.09. The first-order valence-electron chi connectivity index (χ1n) is 6.32. The zero-order valence-corrected chi connectivity index (χ0v) is 11.7. The number of alkyl halides is 4. The molecule has 0 atom stereocenters. The van der Waals surface area contributed by atoms with E-state index < -0.39 is 11.9 Å². The lowest BCUT2D eigenvalue weighted by Gasteiger charge is -2.08. The van der Waals surface area contributed by atoms with Gasteiger partial charge in [-0.15, -0.1) is 21.8 Å². The van der Waals surface area contributed by atoms with Gasteiger partial charge in [0, 0.05) is 11.6 Å². The molecule has 0 bridgehead atoms. The average molecular weight is 316 g/mol. The molecule has 0 radical (unpaired) electrons. The highest BCUT2D eigenvalue weighted by molar-refractivity contribution is 6.17. The Morgan fingerprint density at radius 2 is 1.90 bits per heavy atom. The van der Waals surface area contributed by atoms with Gasteiger partial charge in [-0.25, -0.2) is 0 Å².